The molecular formula is C18H28N2O2. The topological polar surface area (TPSA) is 41.6 Å². The van der Waals surface area contributed by atoms with Crippen molar-refractivity contribution in [3.63, 3.8) is 0 Å². The highest BCUT2D eigenvalue weighted by atomic mass is 16.5. The second-order valence-electron chi connectivity index (χ2n) is 6.49. The molecule has 0 saturated carbocycles. The molecule has 1 aliphatic heterocycles. The van der Waals surface area contributed by atoms with Crippen molar-refractivity contribution >= 4 is 6.03 Å². The zero-order chi connectivity index (χ0) is 16.0. The minimum absolute atomic E-state index is 0.0243. The molecule has 1 aromatic rings. The van der Waals surface area contributed by atoms with Gasteiger partial charge in [0.25, 0.3) is 0 Å². The summed E-state index contributed by atoms with van der Waals surface area (Å²) in [6, 6.07) is 10.6. The lowest BCUT2D eigenvalue weighted by Gasteiger charge is -2.45. The Kier molecular flexibility index (Phi) is 5.83. The molecule has 2 rings (SSSR count). The highest BCUT2D eigenvalue weighted by Crippen LogP contribution is 2.37. The molecule has 0 aliphatic carbocycles. The lowest BCUT2D eigenvalue weighted by atomic mass is 9.79. The number of hydrogen-bond acceptors (Lipinski definition) is 2. The van der Waals surface area contributed by atoms with Crippen LogP contribution in [-0.4, -0.2) is 42.8 Å². The van der Waals surface area contributed by atoms with Gasteiger partial charge in [0.15, 0.2) is 0 Å². The summed E-state index contributed by atoms with van der Waals surface area (Å²) in [6.45, 7) is 8.90. The van der Waals surface area contributed by atoms with Crippen molar-refractivity contribution in [2.75, 3.05) is 26.3 Å². The summed E-state index contributed by atoms with van der Waals surface area (Å²) in [4.78, 5) is 14.3. The number of amides is 2. The highest BCUT2D eigenvalue weighted by Gasteiger charge is 2.37. The van der Waals surface area contributed by atoms with E-state index in [1.54, 1.807) is 0 Å². The molecule has 2 amide bonds. The summed E-state index contributed by atoms with van der Waals surface area (Å²) in [5.74, 6) is 0.531. The lowest BCUT2D eigenvalue weighted by molar-refractivity contribution is 0.0890. The van der Waals surface area contributed by atoms with Gasteiger partial charge in [0.05, 0.1) is 6.61 Å². The number of piperidine rings is 1. The maximum absolute atomic E-state index is 12.4. The van der Waals surface area contributed by atoms with E-state index in [0.717, 1.165) is 19.4 Å². The number of urea groups is 1. The van der Waals surface area contributed by atoms with Gasteiger partial charge in [0.1, 0.15) is 0 Å². The zero-order valence-electron chi connectivity index (χ0n) is 14.0. The van der Waals surface area contributed by atoms with E-state index in [1.807, 2.05) is 11.8 Å². The van der Waals surface area contributed by atoms with Crippen LogP contribution in [0.1, 0.15) is 45.1 Å². The number of benzene rings is 1. The van der Waals surface area contributed by atoms with Crippen molar-refractivity contribution in [2.45, 2.75) is 45.1 Å². The SMILES string of the molecule is CCOCCNC(=O)N1CCC(c2ccccc2)CC1(C)C. The molecular weight excluding hydrogens is 276 g/mol. The fourth-order valence-corrected chi connectivity index (χ4v) is 3.26. The van der Waals surface area contributed by atoms with E-state index < -0.39 is 0 Å². The fourth-order valence-electron chi connectivity index (χ4n) is 3.26. The summed E-state index contributed by atoms with van der Waals surface area (Å²) in [6.07, 6.45) is 2.02. The molecule has 0 radical (unpaired) electrons. The van der Waals surface area contributed by atoms with Crippen LogP contribution >= 0.6 is 0 Å². The number of carbonyl (C=O) groups is 1. The van der Waals surface area contributed by atoms with Crippen LogP contribution in [0.5, 0.6) is 0 Å². The minimum atomic E-state index is -0.131. The normalized spacial score (nSPS) is 20.7. The second-order valence-corrected chi connectivity index (χ2v) is 6.49. The van der Waals surface area contributed by atoms with Gasteiger partial charge in [-0.2, -0.15) is 0 Å². The monoisotopic (exact) mass is 304 g/mol. The van der Waals surface area contributed by atoms with E-state index >= 15 is 0 Å². The predicted octanol–water partition coefficient (Wildman–Crippen LogP) is 3.39. The number of hydrogen-bond donors (Lipinski definition) is 1. The van der Waals surface area contributed by atoms with Gasteiger partial charge in [0, 0.05) is 25.2 Å². The molecule has 1 saturated heterocycles. The average molecular weight is 304 g/mol. The summed E-state index contributed by atoms with van der Waals surface area (Å²) in [5, 5.41) is 2.96. The van der Waals surface area contributed by atoms with Gasteiger partial charge in [-0.3, -0.25) is 0 Å². The Morgan fingerprint density at radius 1 is 1.36 bits per heavy atom. The Bertz CT molecular complexity index is 473. The maximum atomic E-state index is 12.4. The molecule has 4 nitrogen and oxygen atoms in total. The minimum Gasteiger partial charge on any atom is -0.380 e. The third-order valence-electron chi connectivity index (χ3n) is 4.42. The number of rotatable bonds is 5. The van der Waals surface area contributed by atoms with Crippen molar-refractivity contribution < 1.29 is 9.53 Å². The molecule has 1 fully saturated rings. The van der Waals surface area contributed by atoms with Gasteiger partial charge in [-0.25, -0.2) is 4.79 Å². The van der Waals surface area contributed by atoms with Crippen LogP contribution in [0, 0.1) is 0 Å². The maximum Gasteiger partial charge on any atom is 0.317 e. The van der Waals surface area contributed by atoms with Crippen molar-refractivity contribution in [1.82, 2.24) is 10.2 Å². The van der Waals surface area contributed by atoms with Gasteiger partial charge in [0.2, 0.25) is 0 Å². The van der Waals surface area contributed by atoms with Crippen LogP contribution in [0.3, 0.4) is 0 Å². The average Bonchev–Trinajstić information content (AvgIpc) is 2.51. The molecule has 122 valence electrons. The zero-order valence-corrected chi connectivity index (χ0v) is 14.0. The number of ether oxygens (including phenoxy) is 1. The van der Waals surface area contributed by atoms with Gasteiger partial charge in [-0.05, 0) is 45.1 Å². The smallest absolute Gasteiger partial charge is 0.317 e. The quantitative estimate of drug-likeness (QED) is 0.847. The Balaban J connectivity index is 1.92. The Morgan fingerprint density at radius 3 is 2.73 bits per heavy atom. The highest BCUT2D eigenvalue weighted by molar-refractivity contribution is 5.75. The molecule has 0 aromatic heterocycles. The van der Waals surface area contributed by atoms with E-state index in [0.29, 0.717) is 25.7 Å². The van der Waals surface area contributed by atoms with Crippen molar-refractivity contribution in [1.29, 1.82) is 0 Å². The van der Waals surface area contributed by atoms with E-state index in [4.69, 9.17) is 4.74 Å². The first kappa shape index (κ1) is 16.8. The molecule has 1 N–H and O–H groups in total. The van der Waals surface area contributed by atoms with E-state index in [-0.39, 0.29) is 11.6 Å². The van der Waals surface area contributed by atoms with Crippen LogP contribution < -0.4 is 5.32 Å². The first-order valence-electron chi connectivity index (χ1n) is 8.22. The van der Waals surface area contributed by atoms with Crippen molar-refractivity contribution in [2.24, 2.45) is 0 Å². The molecule has 0 bridgehead atoms. The van der Waals surface area contributed by atoms with Gasteiger partial charge in [-0.1, -0.05) is 30.3 Å². The second kappa shape index (κ2) is 7.63. The molecule has 1 aliphatic rings. The third-order valence-corrected chi connectivity index (χ3v) is 4.42. The number of nitrogens with one attached hydrogen (secondary N) is 1. The van der Waals surface area contributed by atoms with E-state index in [2.05, 4.69) is 49.5 Å². The first-order chi connectivity index (χ1) is 10.5. The standard InChI is InChI=1S/C18H28N2O2/c1-4-22-13-11-19-17(21)20-12-10-16(14-18(20,2)3)15-8-6-5-7-9-15/h5-9,16H,4,10-14H2,1-3H3,(H,19,21). The molecule has 1 atom stereocenters. The van der Waals surface area contributed by atoms with E-state index in [1.165, 1.54) is 5.56 Å². The van der Waals surface area contributed by atoms with Crippen LogP contribution in [0.15, 0.2) is 30.3 Å². The third kappa shape index (κ3) is 4.23. The summed E-state index contributed by atoms with van der Waals surface area (Å²) < 4.78 is 5.26. The fraction of sp³-hybridized carbons (Fsp3) is 0.611. The predicted molar refractivity (Wildman–Crippen MR) is 89.1 cm³/mol. The molecule has 22 heavy (non-hydrogen) atoms. The van der Waals surface area contributed by atoms with Crippen LogP contribution in [0.2, 0.25) is 0 Å². The summed E-state index contributed by atoms with van der Waals surface area (Å²) >= 11 is 0. The number of carbonyl (C=O) groups excluding carboxylic acids is 1. The largest absolute Gasteiger partial charge is 0.380 e. The number of nitrogens with zero attached hydrogens (tertiary/aromatic N) is 1. The number of likely N-dealkylation sites (tertiary alicyclic amines) is 1. The summed E-state index contributed by atoms with van der Waals surface area (Å²) in [5.41, 5.74) is 1.25. The van der Waals surface area contributed by atoms with Crippen molar-refractivity contribution in [3.8, 4) is 0 Å². The summed E-state index contributed by atoms with van der Waals surface area (Å²) in [7, 11) is 0. The van der Waals surface area contributed by atoms with E-state index in [9.17, 15) is 4.79 Å². The Labute approximate surface area is 133 Å². The molecule has 1 unspecified atom stereocenters. The van der Waals surface area contributed by atoms with Crippen LogP contribution in [-0.2, 0) is 4.74 Å². The lowest BCUT2D eigenvalue weighted by Crippen LogP contribution is -2.56. The Morgan fingerprint density at radius 2 is 2.09 bits per heavy atom. The first-order valence-corrected chi connectivity index (χ1v) is 8.22. The van der Waals surface area contributed by atoms with Gasteiger partial charge >= 0.3 is 6.03 Å². The van der Waals surface area contributed by atoms with Gasteiger partial charge < -0.3 is 15.0 Å². The molecule has 1 heterocycles. The van der Waals surface area contributed by atoms with Crippen LogP contribution in [0.4, 0.5) is 4.79 Å². The Hall–Kier alpha value is -1.55. The van der Waals surface area contributed by atoms with Crippen LogP contribution in [0.25, 0.3) is 0 Å². The molecule has 1 aromatic carbocycles. The van der Waals surface area contributed by atoms with Gasteiger partial charge in [-0.15, -0.1) is 0 Å². The molecule has 4 heteroatoms. The van der Waals surface area contributed by atoms with Crippen molar-refractivity contribution in [3.05, 3.63) is 35.9 Å². The molecule has 0 spiro atoms.